The van der Waals surface area contributed by atoms with Gasteiger partial charge in [-0.05, 0) is 51.2 Å². The average molecular weight is 393 g/mol. The zero-order chi connectivity index (χ0) is 19.1. The molecule has 152 valence electrons. The summed E-state index contributed by atoms with van der Waals surface area (Å²) in [4.78, 5) is 7.34. The van der Waals surface area contributed by atoms with Gasteiger partial charge in [-0.25, -0.2) is 0 Å². The van der Waals surface area contributed by atoms with Gasteiger partial charge in [-0.3, -0.25) is 4.99 Å². The van der Waals surface area contributed by atoms with Crippen molar-refractivity contribution in [1.29, 1.82) is 0 Å². The van der Waals surface area contributed by atoms with Crippen LogP contribution >= 0.6 is 11.8 Å². The molecule has 0 amide bonds. The summed E-state index contributed by atoms with van der Waals surface area (Å²) < 4.78 is 2.42. The summed E-state index contributed by atoms with van der Waals surface area (Å²) >= 11 is 1.72. The molecule has 0 radical (unpaired) electrons. The van der Waals surface area contributed by atoms with Gasteiger partial charge in [0.05, 0.1) is 0 Å². The van der Waals surface area contributed by atoms with Crippen LogP contribution in [0.2, 0.25) is 0 Å². The number of likely N-dealkylation sites (tertiary alicyclic amines) is 1. The molecule has 0 aromatic carbocycles. The molecule has 1 N–H and O–H groups in total. The predicted molar refractivity (Wildman–Crippen MR) is 114 cm³/mol. The fourth-order valence-electron chi connectivity index (χ4n) is 4.38. The largest absolute Gasteiger partial charge is 0.357 e. The zero-order valence-corrected chi connectivity index (χ0v) is 18.1. The van der Waals surface area contributed by atoms with Crippen molar-refractivity contribution < 1.29 is 0 Å². The summed E-state index contributed by atoms with van der Waals surface area (Å²) in [6.45, 7) is 8.52. The monoisotopic (exact) mass is 392 g/mol. The molecule has 2 fully saturated rings. The molecule has 1 aliphatic heterocycles. The van der Waals surface area contributed by atoms with Gasteiger partial charge in [0.15, 0.2) is 11.1 Å². The summed E-state index contributed by atoms with van der Waals surface area (Å²) in [6.07, 6.45) is 11.9. The van der Waals surface area contributed by atoms with Crippen molar-refractivity contribution in [2.24, 2.45) is 10.9 Å². The second-order valence-corrected chi connectivity index (χ2v) is 8.72. The van der Waals surface area contributed by atoms with Crippen molar-refractivity contribution in [2.45, 2.75) is 76.4 Å². The maximum Gasteiger partial charge on any atom is 0.193 e. The van der Waals surface area contributed by atoms with E-state index in [4.69, 9.17) is 4.99 Å². The predicted octanol–water partition coefficient (Wildman–Crippen LogP) is 3.75. The van der Waals surface area contributed by atoms with E-state index in [1.54, 1.807) is 11.8 Å². The molecule has 1 unspecified atom stereocenters. The van der Waals surface area contributed by atoms with Crippen LogP contribution < -0.4 is 5.32 Å². The Labute approximate surface area is 168 Å². The van der Waals surface area contributed by atoms with Crippen LogP contribution in [0.1, 0.15) is 70.7 Å². The number of aliphatic imine (C=N–C) groups is 1. The molecule has 2 heterocycles. The lowest BCUT2D eigenvalue weighted by Gasteiger charge is -2.33. The molecule has 3 rings (SSSR count). The Balaban J connectivity index is 1.58. The van der Waals surface area contributed by atoms with Crippen LogP contribution in [0.5, 0.6) is 0 Å². The van der Waals surface area contributed by atoms with E-state index in [0.717, 1.165) is 61.9 Å². The van der Waals surface area contributed by atoms with Crippen molar-refractivity contribution in [3.8, 4) is 0 Å². The van der Waals surface area contributed by atoms with Gasteiger partial charge in [0.2, 0.25) is 0 Å². The van der Waals surface area contributed by atoms with Crippen LogP contribution in [0.25, 0.3) is 0 Å². The lowest BCUT2D eigenvalue weighted by molar-refractivity contribution is 0.266. The smallest absolute Gasteiger partial charge is 0.193 e. The van der Waals surface area contributed by atoms with E-state index in [2.05, 4.69) is 45.1 Å². The van der Waals surface area contributed by atoms with Gasteiger partial charge in [0.25, 0.3) is 0 Å². The normalized spacial score (nSPS) is 21.8. The molecule has 1 atom stereocenters. The molecule has 1 aromatic rings. The van der Waals surface area contributed by atoms with Gasteiger partial charge in [0, 0.05) is 38.6 Å². The second-order valence-electron chi connectivity index (χ2n) is 7.94. The van der Waals surface area contributed by atoms with E-state index < -0.39 is 0 Å². The third kappa shape index (κ3) is 5.39. The first-order valence-corrected chi connectivity index (χ1v) is 12.0. The molecule has 0 spiro atoms. The molecule has 1 aromatic heterocycles. The topological polar surface area (TPSA) is 58.3 Å². The van der Waals surface area contributed by atoms with Crippen LogP contribution in [-0.2, 0) is 6.42 Å². The van der Waals surface area contributed by atoms with E-state index in [0.29, 0.717) is 6.04 Å². The van der Waals surface area contributed by atoms with Crippen molar-refractivity contribution >= 4 is 17.7 Å². The minimum atomic E-state index is 0.605. The number of hydrogen-bond donors (Lipinski definition) is 1. The number of aromatic nitrogens is 3. The Morgan fingerprint density at radius 1 is 1.22 bits per heavy atom. The Morgan fingerprint density at radius 3 is 2.74 bits per heavy atom. The number of piperidine rings is 1. The number of guanidine groups is 1. The number of hydrogen-bond acceptors (Lipinski definition) is 4. The Morgan fingerprint density at radius 2 is 2.04 bits per heavy atom. The van der Waals surface area contributed by atoms with Gasteiger partial charge in [-0.1, -0.05) is 31.5 Å². The van der Waals surface area contributed by atoms with Crippen LogP contribution in [0.15, 0.2) is 10.1 Å². The van der Waals surface area contributed by atoms with E-state index in [1.165, 1.54) is 38.5 Å². The van der Waals surface area contributed by atoms with Gasteiger partial charge in [-0.15, -0.1) is 10.2 Å². The standard InChI is InChI=1S/C20H36N6S/c1-4-21-19(25-14-8-9-16(2)15-25)22-13-7-12-18-23-24-20(27-3)26(18)17-10-5-6-11-17/h16-17H,4-15H2,1-3H3,(H,21,22). The van der Waals surface area contributed by atoms with Crippen LogP contribution in [0.3, 0.4) is 0 Å². The lowest BCUT2D eigenvalue weighted by Crippen LogP contribution is -2.46. The molecular formula is C20H36N6S. The molecule has 2 aliphatic rings. The van der Waals surface area contributed by atoms with E-state index in [9.17, 15) is 0 Å². The first-order valence-electron chi connectivity index (χ1n) is 10.7. The molecule has 1 saturated heterocycles. The first-order chi connectivity index (χ1) is 13.2. The summed E-state index contributed by atoms with van der Waals surface area (Å²) in [7, 11) is 0. The quantitative estimate of drug-likeness (QED) is 0.331. The van der Waals surface area contributed by atoms with Gasteiger partial charge in [0.1, 0.15) is 5.82 Å². The van der Waals surface area contributed by atoms with Crippen LogP contribution in [-0.4, -0.2) is 58.1 Å². The third-order valence-corrected chi connectivity index (χ3v) is 6.36. The SMILES string of the molecule is CCNC(=NCCCc1nnc(SC)n1C1CCCC1)N1CCCC(C)C1. The van der Waals surface area contributed by atoms with Crippen LogP contribution in [0, 0.1) is 5.92 Å². The Hall–Kier alpha value is -1.24. The van der Waals surface area contributed by atoms with E-state index >= 15 is 0 Å². The summed E-state index contributed by atoms with van der Waals surface area (Å²) in [5.74, 6) is 3.00. The highest BCUT2D eigenvalue weighted by Gasteiger charge is 2.23. The summed E-state index contributed by atoms with van der Waals surface area (Å²) in [6, 6.07) is 0.605. The highest BCUT2D eigenvalue weighted by atomic mass is 32.2. The molecule has 1 aliphatic carbocycles. The van der Waals surface area contributed by atoms with Crippen molar-refractivity contribution in [3.05, 3.63) is 5.82 Å². The molecule has 7 heteroatoms. The fourth-order valence-corrected chi connectivity index (χ4v) is 4.95. The Kier molecular flexibility index (Phi) is 7.85. The maximum atomic E-state index is 4.91. The highest BCUT2D eigenvalue weighted by Crippen LogP contribution is 2.33. The summed E-state index contributed by atoms with van der Waals surface area (Å²) in [5, 5.41) is 13.5. The van der Waals surface area contributed by atoms with E-state index in [-0.39, 0.29) is 0 Å². The van der Waals surface area contributed by atoms with Crippen molar-refractivity contribution in [2.75, 3.05) is 32.4 Å². The van der Waals surface area contributed by atoms with Crippen molar-refractivity contribution in [1.82, 2.24) is 25.0 Å². The Bertz CT molecular complexity index is 608. The maximum absolute atomic E-state index is 4.91. The van der Waals surface area contributed by atoms with Gasteiger partial charge < -0.3 is 14.8 Å². The first kappa shape index (κ1) is 20.5. The molecule has 27 heavy (non-hydrogen) atoms. The van der Waals surface area contributed by atoms with Gasteiger partial charge >= 0.3 is 0 Å². The summed E-state index contributed by atoms with van der Waals surface area (Å²) in [5.41, 5.74) is 0. The minimum Gasteiger partial charge on any atom is -0.357 e. The number of rotatable bonds is 7. The highest BCUT2D eigenvalue weighted by molar-refractivity contribution is 7.98. The second kappa shape index (κ2) is 10.3. The zero-order valence-electron chi connectivity index (χ0n) is 17.3. The molecule has 6 nitrogen and oxygen atoms in total. The third-order valence-electron chi connectivity index (χ3n) is 5.72. The molecule has 1 saturated carbocycles. The molecule has 0 bridgehead atoms. The minimum absolute atomic E-state index is 0.605. The number of nitrogens with one attached hydrogen (secondary N) is 1. The lowest BCUT2D eigenvalue weighted by atomic mass is 10.0. The number of aryl methyl sites for hydroxylation is 1. The van der Waals surface area contributed by atoms with Crippen LogP contribution in [0.4, 0.5) is 0 Å². The number of thioether (sulfide) groups is 1. The van der Waals surface area contributed by atoms with Gasteiger partial charge in [-0.2, -0.15) is 0 Å². The van der Waals surface area contributed by atoms with Crippen molar-refractivity contribution in [3.63, 3.8) is 0 Å². The average Bonchev–Trinajstić information content (AvgIpc) is 3.33. The fraction of sp³-hybridized carbons (Fsp3) is 0.850. The molecular weight excluding hydrogens is 356 g/mol. The van der Waals surface area contributed by atoms with E-state index in [1.807, 2.05) is 0 Å². The number of nitrogens with zero attached hydrogens (tertiary/aromatic N) is 5.